The molecule has 2 rings (SSSR count). The molecule has 1 fully saturated rings. The third-order valence-corrected chi connectivity index (χ3v) is 2.82. The number of terminal acetylenes is 1. The van der Waals surface area contributed by atoms with Gasteiger partial charge >= 0.3 is 0 Å². The Hall–Kier alpha value is -1.34. The van der Waals surface area contributed by atoms with Gasteiger partial charge in [0.05, 0.1) is 0 Å². The summed E-state index contributed by atoms with van der Waals surface area (Å²) in [6.07, 6.45) is 7.42. The molecular weight excluding hydrogens is 256 g/mol. The largest absolute Gasteiger partial charge is 0.311 e. The van der Waals surface area contributed by atoms with E-state index in [0.29, 0.717) is 13.0 Å². The first-order valence-corrected chi connectivity index (χ1v) is 5.38. The molecule has 1 saturated heterocycles. The summed E-state index contributed by atoms with van der Waals surface area (Å²) in [6.45, 7) is 0.603. The predicted molar refractivity (Wildman–Crippen MR) is 61.2 cm³/mol. The Labute approximate surface area is 96.6 Å². The third-order valence-electron chi connectivity index (χ3n) is 2.38. The van der Waals surface area contributed by atoms with Gasteiger partial charge in [-0.15, -0.1) is 12.3 Å². The second kappa shape index (κ2) is 4.03. The van der Waals surface area contributed by atoms with Crippen LogP contribution in [0.1, 0.15) is 6.42 Å². The molecule has 2 heterocycles. The first-order chi connectivity index (χ1) is 7.20. The van der Waals surface area contributed by atoms with Crippen molar-refractivity contribution in [3.63, 3.8) is 0 Å². The third kappa shape index (κ3) is 2.02. The van der Waals surface area contributed by atoms with E-state index in [0.717, 1.165) is 10.3 Å². The van der Waals surface area contributed by atoms with E-state index >= 15 is 0 Å². The molecule has 1 aliphatic rings. The molecule has 0 saturated carbocycles. The lowest BCUT2D eigenvalue weighted by atomic mass is 10.1. The van der Waals surface area contributed by atoms with Gasteiger partial charge in [-0.2, -0.15) is 0 Å². The molecule has 3 nitrogen and oxygen atoms in total. The highest BCUT2D eigenvalue weighted by atomic mass is 79.9. The Morgan fingerprint density at radius 2 is 2.47 bits per heavy atom. The Balaban J connectivity index is 2.26. The lowest BCUT2D eigenvalue weighted by Gasteiger charge is -2.15. The van der Waals surface area contributed by atoms with Gasteiger partial charge in [-0.05, 0) is 28.1 Å². The van der Waals surface area contributed by atoms with Crippen molar-refractivity contribution in [1.29, 1.82) is 0 Å². The van der Waals surface area contributed by atoms with Gasteiger partial charge in [0, 0.05) is 30.8 Å². The Morgan fingerprint density at radius 3 is 3.07 bits per heavy atom. The molecule has 0 radical (unpaired) electrons. The van der Waals surface area contributed by atoms with Crippen LogP contribution in [0.4, 0.5) is 5.69 Å². The molecule has 15 heavy (non-hydrogen) atoms. The van der Waals surface area contributed by atoms with E-state index in [1.807, 2.05) is 12.1 Å². The molecule has 1 amide bonds. The monoisotopic (exact) mass is 264 g/mol. The number of anilines is 1. The maximum absolute atomic E-state index is 11.6. The highest BCUT2D eigenvalue weighted by Gasteiger charge is 2.29. The standard InChI is InChI=1S/C11H9BrN2O/c1-2-8-5-11(15)14(7-8)9-3-4-13-10(12)6-9/h1,3-4,6,8H,5,7H2. The molecule has 1 aromatic rings. The van der Waals surface area contributed by atoms with Crippen molar-refractivity contribution in [3.05, 3.63) is 22.9 Å². The smallest absolute Gasteiger partial charge is 0.228 e. The topological polar surface area (TPSA) is 33.2 Å². The molecule has 0 aromatic carbocycles. The average molecular weight is 265 g/mol. The van der Waals surface area contributed by atoms with Crippen LogP contribution in [0.2, 0.25) is 0 Å². The van der Waals surface area contributed by atoms with Crippen LogP contribution >= 0.6 is 15.9 Å². The molecule has 1 aliphatic heterocycles. The summed E-state index contributed by atoms with van der Waals surface area (Å²) < 4.78 is 0.719. The summed E-state index contributed by atoms with van der Waals surface area (Å²) in [7, 11) is 0. The Bertz CT molecular complexity index is 438. The van der Waals surface area contributed by atoms with Crippen LogP contribution in [0, 0.1) is 18.3 Å². The van der Waals surface area contributed by atoms with Gasteiger partial charge in [0.15, 0.2) is 0 Å². The van der Waals surface area contributed by atoms with Gasteiger partial charge in [-0.3, -0.25) is 4.79 Å². The zero-order valence-corrected chi connectivity index (χ0v) is 9.57. The minimum Gasteiger partial charge on any atom is -0.311 e. The molecule has 1 unspecified atom stereocenters. The lowest BCUT2D eigenvalue weighted by molar-refractivity contribution is -0.117. The summed E-state index contributed by atoms with van der Waals surface area (Å²) in [4.78, 5) is 17.4. The number of halogens is 1. The number of hydrogen-bond acceptors (Lipinski definition) is 2. The number of rotatable bonds is 1. The Kier molecular flexibility index (Phi) is 2.74. The highest BCUT2D eigenvalue weighted by Crippen LogP contribution is 2.25. The van der Waals surface area contributed by atoms with Gasteiger partial charge in [-0.25, -0.2) is 4.98 Å². The zero-order chi connectivity index (χ0) is 10.8. The zero-order valence-electron chi connectivity index (χ0n) is 7.98. The van der Waals surface area contributed by atoms with Gasteiger partial charge < -0.3 is 4.90 Å². The SMILES string of the molecule is C#CC1CC(=O)N(c2ccnc(Br)c2)C1. The minimum atomic E-state index is 0.0319. The van der Waals surface area contributed by atoms with Crippen LogP contribution in [0.5, 0.6) is 0 Å². The van der Waals surface area contributed by atoms with Gasteiger partial charge in [-0.1, -0.05) is 0 Å². The number of aromatic nitrogens is 1. The van der Waals surface area contributed by atoms with E-state index in [2.05, 4.69) is 26.8 Å². The molecule has 0 bridgehead atoms. The van der Waals surface area contributed by atoms with Crippen molar-refractivity contribution >= 4 is 27.5 Å². The number of amides is 1. The van der Waals surface area contributed by atoms with E-state index in [9.17, 15) is 4.79 Å². The van der Waals surface area contributed by atoms with Crippen molar-refractivity contribution in [3.8, 4) is 12.3 Å². The fourth-order valence-electron chi connectivity index (χ4n) is 1.63. The average Bonchev–Trinajstić information content (AvgIpc) is 2.60. The number of carbonyl (C=O) groups is 1. The quantitative estimate of drug-likeness (QED) is 0.573. The van der Waals surface area contributed by atoms with Crippen LogP contribution < -0.4 is 4.90 Å². The minimum absolute atomic E-state index is 0.0319. The first-order valence-electron chi connectivity index (χ1n) is 4.59. The van der Waals surface area contributed by atoms with Crippen molar-refractivity contribution in [2.75, 3.05) is 11.4 Å². The fourth-order valence-corrected chi connectivity index (χ4v) is 1.98. The molecule has 4 heteroatoms. The maximum atomic E-state index is 11.6. The Morgan fingerprint density at radius 1 is 1.67 bits per heavy atom. The fraction of sp³-hybridized carbons (Fsp3) is 0.273. The van der Waals surface area contributed by atoms with Crippen LogP contribution in [0.25, 0.3) is 0 Å². The van der Waals surface area contributed by atoms with E-state index in [1.54, 1.807) is 11.1 Å². The molecule has 76 valence electrons. The van der Waals surface area contributed by atoms with E-state index in [1.165, 1.54) is 0 Å². The number of carbonyl (C=O) groups excluding carboxylic acids is 1. The summed E-state index contributed by atoms with van der Waals surface area (Å²) in [5, 5.41) is 0. The molecular formula is C11H9BrN2O. The first kappa shape index (κ1) is 10.2. The van der Waals surface area contributed by atoms with Crippen LogP contribution in [-0.4, -0.2) is 17.4 Å². The number of hydrogen-bond donors (Lipinski definition) is 0. The lowest BCUT2D eigenvalue weighted by Crippen LogP contribution is -2.24. The van der Waals surface area contributed by atoms with Crippen molar-refractivity contribution < 1.29 is 4.79 Å². The van der Waals surface area contributed by atoms with Crippen LogP contribution in [-0.2, 0) is 4.79 Å². The van der Waals surface area contributed by atoms with E-state index in [4.69, 9.17) is 6.42 Å². The molecule has 1 atom stereocenters. The second-order valence-corrected chi connectivity index (χ2v) is 4.22. The van der Waals surface area contributed by atoms with Gasteiger partial charge in [0.1, 0.15) is 4.60 Å². The molecule has 0 N–H and O–H groups in total. The number of pyridine rings is 1. The summed E-state index contributed by atoms with van der Waals surface area (Å²) in [5.74, 6) is 2.73. The van der Waals surface area contributed by atoms with E-state index in [-0.39, 0.29) is 11.8 Å². The van der Waals surface area contributed by atoms with Gasteiger partial charge in [0.2, 0.25) is 5.91 Å². The number of nitrogens with zero attached hydrogens (tertiary/aromatic N) is 2. The van der Waals surface area contributed by atoms with Crippen LogP contribution in [0.15, 0.2) is 22.9 Å². The summed E-state index contributed by atoms with van der Waals surface area (Å²) in [5.41, 5.74) is 0.847. The van der Waals surface area contributed by atoms with Crippen molar-refractivity contribution in [2.24, 2.45) is 5.92 Å². The van der Waals surface area contributed by atoms with Crippen molar-refractivity contribution in [1.82, 2.24) is 4.98 Å². The molecule has 0 spiro atoms. The van der Waals surface area contributed by atoms with Crippen molar-refractivity contribution in [2.45, 2.75) is 6.42 Å². The second-order valence-electron chi connectivity index (χ2n) is 3.41. The van der Waals surface area contributed by atoms with Crippen LogP contribution in [0.3, 0.4) is 0 Å². The van der Waals surface area contributed by atoms with Gasteiger partial charge in [0.25, 0.3) is 0 Å². The normalized spacial score (nSPS) is 20.4. The molecule has 0 aliphatic carbocycles. The molecule has 1 aromatic heterocycles. The van der Waals surface area contributed by atoms with E-state index < -0.39 is 0 Å². The maximum Gasteiger partial charge on any atom is 0.228 e. The summed E-state index contributed by atoms with van der Waals surface area (Å²) >= 11 is 3.27. The summed E-state index contributed by atoms with van der Waals surface area (Å²) in [6, 6.07) is 3.62. The predicted octanol–water partition coefficient (Wildman–Crippen LogP) is 1.83. The highest BCUT2D eigenvalue weighted by molar-refractivity contribution is 9.10.